The number of nitrogens with two attached hydrogens (primary N) is 1. The number of carbonyl (C=O) groups is 1. The third-order valence-corrected chi connectivity index (χ3v) is 3.77. The largest absolute Gasteiger partial charge is 0.542 e. The van der Waals surface area contributed by atoms with Crippen molar-refractivity contribution in [2.75, 3.05) is 13.1 Å². The van der Waals surface area contributed by atoms with Crippen molar-refractivity contribution >= 4 is 5.97 Å². The fourth-order valence-electron chi connectivity index (χ4n) is 2.39. The van der Waals surface area contributed by atoms with Gasteiger partial charge in [0.05, 0.1) is 13.1 Å². The summed E-state index contributed by atoms with van der Waals surface area (Å²) in [4.78, 5) is 13.3. The van der Waals surface area contributed by atoms with Crippen LogP contribution in [0.3, 0.4) is 0 Å². The lowest BCUT2D eigenvalue weighted by Gasteiger charge is -2.15. The Labute approximate surface area is 142 Å². The molecule has 136 valence electrons. The Morgan fingerprint density at radius 1 is 1.24 bits per heavy atom. The molecular formula is C16H18F3N3O3. The van der Waals surface area contributed by atoms with Gasteiger partial charge in [0, 0.05) is 24.3 Å². The van der Waals surface area contributed by atoms with Crippen molar-refractivity contribution in [3.63, 3.8) is 0 Å². The number of aliphatic carboxylic acids is 1. The zero-order valence-corrected chi connectivity index (χ0v) is 13.5. The lowest BCUT2D eigenvalue weighted by Crippen LogP contribution is -2.86. The number of carboxylic acids is 1. The first-order chi connectivity index (χ1) is 11.8. The maximum absolute atomic E-state index is 10.5. The average Bonchev–Trinajstić information content (AvgIpc) is 3.06. The summed E-state index contributed by atoms with van der Waals surface area (Å²) >= 11 is 0. The van der Waals surface area contributed by atoms with Gasteiger partial charge in [-0.3, -0.25) is 0 Å². The molecule has 0 atom stereocenters. The van der Waals surface area contributed by atoms with E-state index < -0.39 is 12.1 Å². The SMILES string of the molecule is Cc1ccc(-c2noc(C3CC[NH2+]CC3)n2)cc1.O=C([O-])C(F)(F)F. The number of rotatable bonds is 2. The van der Waals surface area contributed by atoms with Crippen LogP contribution in [0, 0.1) is 6.92 Å². The summed E-state index contributed by atoms with van der Waals surface area (Å²) in [6.45, 7) is 4.39. The van der Waals surface area contributed by atoms with E-state index in [1.807, 2.05) is 12.1 Å². The first kappa shape index (κ1) is 18.9. The van der Waals surface area contributed by atoms with Gasteiger partial charge in [0.2, 0.25) is 11.7 Å². The number of hydrogen-bond donors (Lipinski definition) is 1. The second kappa shape index (κ2) is 8.11. The Morgan fingerprint density at radius 2 is 1.80 bits per heavy atom. The van der Waals surface area contributed by atoms with Gasteiger partial charge < -0.3 is 19.7 Å². The average molecular weight is 357 g/mol. The van der Waals surface area contributed by atoms with Gasteiger partial charge in [0.25, 0.3) is 0 Å². The van der Waals surface area contributed by atoms with Crippen molar-refractivity contribution in [2.45, 2.75) is 31.9 Å². The van der Waals surface area contributed by atoms with E-state index in [-0.39, 0.29) is 0 Å². The van der Waals surface area contributed by atoms with E-state index in [9.17, 15) is 13.2 Å². The zero-order valence-electron chi connectivity index (χ0n) is 13.5. The summed E-state index contributed by atoms with van der Waals surface area (Å²) in [5, 5.41) is 15.2. The molecule has 1 fully saturated rings. The highest BCUT2D eigenvalue weighted by Gasteiger charge is 2.28. The molecule has 0 amide bonds. The fourth-order valence-corrected chi connectivity index (χ4v) is 2.39. The van der Waals surface area contributed by atoms with E-state index in [1.54, 1.807) is 0 Å². The molecule has 3 rings (SSSR count). The van der Waals surface area contributed by atoms with Crippen LogP contribution >= 0.6 is 0 Å². The molecule has 9 heteroatoms. The first-order valence-electron chi connectivity index (χ1n) is 7.78. The van der Waals surface area contributed by atoms with Crippen LogP contribution < -0.4 is 10.4 Å². The number of aromatic nitrogens is 2. The van der Waals surface area contributed by atoms with Crippen molar-refractivity contribution in [3.05, 3.63) is 35.7 Å². The van der Waals surface area contributed by atoms with E-state index in [0.29, 0.717) is 11.7 Å². The van der Waals surface area contributed by atoms with E-state index in [4.69, 9.17) is 14.4 Å². The normalized spacial score (nSPS) is 15.4. The molecule has 1 aromatic heterocycles. The molecule has 25 heavy (non-hydrogen) atoms. The summed E-state index contributed by atoms with van der Waals surface area (Å²) in [6, 6.07) is 8.22. The van der Waals surface area contributed by atoms with Crippen LogP contribution in [0.4, 0.5) is 13.2 Å². The maximum atomic E-state index is 10.5. The predicted octanol–water partition coefficient (Wildman–Crippen LogP) is 0.784. The maximum Gasteiger partial charge on any atom is 0.430 e. The molecule has 1 saturated heterocycles. The number of halogens is 3. The molecule has 0 spiro atoms. The highest BCUT2D eigenvalue weighted by Crippen LogP contribution is 2.24. The van der Waals surface area contributed by atoms with Crippen LogP contribution in [-0.2, 0) is 4.79 Å². The Morgan fingerprint density at radius 3 is 2.32 bits per heavy atom. The Hall–Kier alpha value is -2.42. The second-order valence-corrected chi connectivity index (χ2v) is 5.75. The first-order valence-corrected chi connectivity index (χ1v) is 7.78. The highest BCUT2D eigenvalue weighted by atomic mass is 19.4. The van der Waals surface area contributed by atoms with Gasteiger partial charge in [0.1, 0.15) is 5.97 Å². The van der Waals surface area contributed by atoms with Gasteiger partial charge >= 0.3 is 6.18 Å². The summed E-state index contributed by atoms with van der Waals surface area (Å²) < 4.78 is 37.0. The minimum absolute atomic E-state index is 0.446. The Balaban J connectivity index is 0.000000277. The smallest absolute Gasteiger partial charge is 0.430 e. The lowest BCUT2D eigenvalue weighted by atomic mass is 9.98. The summed E-state index contributed by atoms with van der Waals surface area (Å²) in [6.07, 6.45) is -2.93. The Bertz CT molecular complexity index is 693. The minimum Gasteiger partial charge on any atom is -0.542 e. The molecule has 0 unspecified atom stereocenters. The van der Waals surface area contributed by atoms with Crippen molar-refractivity contribution in [2.24, 2.45) is 0 Å². The molecule has 1 aliphatic rings. The number of hydrogen-bond acceptors (Lipinski definition) is 5. The van der Waals surface area contributed by atoms with Crippen molar-refractivity contribution in [3.8, 4) is 11.4 Å². The van der Waals surface area contributed by atoms with Crippen LogP contribution in [0.15, 0.2) is 28.8 Å². The van der Waals surface area contributed by atoms with E-state index in [0.717, 1.165) is 37.4 Å². The number of carbonyl (C=O) groups excluding carboxylic acids is 1. The third-order valence-electron chi connectivity index (χ3n) is 3.77. The molecule has 2 heterocycles. The molecule has 2 N–H and O–H groups in total. The number of piperidine rings is 1. The zero-order chi connectivity index (χ0) is 18.4. The van der Waals surface area contributed by atoms with Gasteiger partial charge in [-0.15, -0.1) is 0 Å². The standard InChI is InChI=1S/C14H17N3O.C2HF3O2/c1-10-2-4-11(5-3-10)13-16-14(18-17-13)12-6-8-15-9-7-12;3-2(4,5)1(6)7/h2-5,12,15H,6-9H2,1H3;(H,6,7). The molecule has 6 nitrogen and oxygen atoms in total. The van der Waals surface area contributed by atoms with Crippen LogP contribution in [0.25, 0.3) is 11.4 Å². The molecule has 0 radical (unpaired) electrons. The summed E-state index contributed by atoms with van der Waals surface area (Å²) in [7, 11) is 0. The third kappa shape index (κ3) is 5.56. The van der Waals surface area contributed by atoms with Crippen molar-refractivity contribution in [1.29, 1.82) is 0 Å². The fraction of sp³-hybridized carbons (Fsp3) is 0.438. The molecule has 0 aliphatic carbocycles. The quantitative estimate of drug-likeness (QED) is 0.857. The van der Waals surface area contributed by atoms with Gasteiger partial charge in [-0.05, 0) is 6.92 Å². The van der Waals surface area contributed by atoms with Crippen LogP contribution in [0.2, 0.25) is 0 Å². The van der Waals surface area contributed by atoms with Gasteiger partial charge in [0.15, 0.2) is 0 Å². The monoisotopic (exact) mass is 357 g/mol. The van der Waals surface area contributed by atoms with Gasteiger partial charge in [-0.2, -0.15) is 18.2 Å². The van der Waals surface area contributed by atoms with Crippen LogP contribution in [0.5, 0.6) is 0 Å². The predicted molar refractivity (Wildman–Crippen MR) is 79.2 cm³/mol. The topological polar surface area (TPSA) is 95.7 Å². The molecule has 1 aliphatic heterocycles. The Kier molecular flexibility index (Phi) is 6.13. The van der Waals surface area contributed by atoms with E-state index in [2.05, 4.69) is 34.5 Å². The van der Waals surface area contributed by atoms with Crippen molar-refractivity contribution < 1.29 is 32.9 Å². The number of nitrogens with zero attached hydrogens (tertiary/aromatic N) is 2. The molecular weight excluding hydrogens is 339 g/mol. The number of benzene rings is 1. The molecule has 1 aromatic carbocycles. The van der Waals surface area contributed by atoms with E-state index in [1.165, 1.54) is 5.56 Å². The number of alkyl halides is 3. The number of aryl methyl sites for hydroxylation is 1. The second-order valence-electron chi connectivity index (χ2n) is 5.75. The summed E-state index contributed by atoms with van der Waals surface area (Å²) in [5.74, 6) is -1.05. The van der Waals surface area contributed by atoms with Crippen LogP contribution in [0.1, 0.15) is 30.2 Å². The van der Waals surface area contributed by atoms with Crippen molar-refractivity contribution in [1.82, 2.24) is 10.1 Å². The minimum atomic E-state index is -5.19. The molecule has 0 saturated carbocycles. The highest BCUT2D eigenvalue weighted by molar-refractivity contribution is 5.70. The van der Waals surface area contributed by atoms with Gasteiger partial charge in [-0.1, -0.05) is 35.0 Å². The van der Waals surface area contributed by atoms with Crippen LogP contribution in [-0.4, -0.2) is 35.4 Å². The number of quaternary nitrogens is 1. The molecule has 2 aromatic rings. The van der Waals surface area contributed by atoms with Gasteiger partial charge in [-0.25, -0.2) is 0 Å². The summed E-state index contributed by atoms with van der Waals surface area (Å²) in [5.41, 5.74) is 2.27. The van der Waals surface area contributed by atoms with E-state index >= 15 is 0 Å². The molecule has 0 bridgehead atoms. The number of carboxylic acid groups (broad SMARTS) is 1. The lowest BCUT2D eigenvalue weighted by molar-refractivity contribution is -0.663.